The van der Waals surface area contributed by atoms with Crippen molar-refractivity contribution in [3.05, 3.63) is 0 Å². The molecule has 0 aliphatic carbocycles. The van der Waals surface area contributed by atoms with Crippen LogP contribution in [-0.4, -0.2) is 42.9 Å². The summed E-state index contributed by atoms with van der Waals surface area (Å²) in [7, 11) is 2.02. The largest absolute Gasteiger partial charge is 0.596 e. The van der Waals surface area contributed by atoms with Gasteiger partial charge in [0.15, 0.2) is 0 Å². The Bertz CT molecular complexity index is 113. The van der Waals surface area contributed by atoms with Crippen LogP contribution in [0, 0.1) is 0 Å². The summed E-state index contributed by atoms with van der Waals surface area (Å²) in [5.74, 6) is 0. The molecule has 0 fully saturated rings. The van der Waals surface area contributed by atoms with Crippen LogP contribution in [0.15, 0.2) is 0 Å². The van der Waals surface area contributed by atoms with E-state index in [0.29, 0.717) is 6.54 Å². The average Bonchev–Trinajstić information content (AvgIpc) is 2.14. The smallest absolute Gasteiger partial charge is 0.364 e. The highest BCUT2D eigenvalue weighted by molar-refractivity contribution is 6.57. The Labute approximate surface area is 74.6 Å². The van der Waals surface area contributed by atoms with Crippen LogP contribution in [0.25, 0.3) is 0 Å². The third-order valence-corrected chi connectivity index (χ3v) is 4.04. The van der Waals surface area contributed by atoms with Gasteiger partial charge in [-0.25, -0.2) is 0 Å². The molecule has 0 aromatic rings. The Kier molecular flexibility index (Phi) is 5.63. The van der Waals surface area contributed by atoms with Crippen LogP contribution >= 0.6 is 0 Å². The molecule has 0 amide bonds. The number of rotatable bonds is 6. The predicted octanol–water partition coefficient (Wildman–Crippen LogP) is -0.702. The number of nitrogens with one attached hydrogen (secondary N) is 1. The molecule has 6 heteroatoms. The second-order valence-corrected chi connectivity index (χ2v) is 5.08. The third-order valence-electron chi connectivity index (χ3n) is 1.58. The molecular weight excluding hydrogens is 176 g/mol. The maximum atomic E-state index is 5.44. The Morgan fingerprint density at radius 1 is 1.25 bits per heavy atom. The molecule has 0 radical (unpaired) electrons. The van der Waals surface area contributed by atoms with E-state index in [1.54, 1.807) is 21.3 Å². The van der Waals surface area contributed by atoms with E-state index in [-0.39, 0.29) is 6.04 Å². The number of hydrogen-bond acceptors (Lipinski definition) is 5. The lowest BCUT2D eigenvalue weighted by Gasteiger charge is -2.27. The Morgan fingerprint density at radius 2 is 1.67 bits per heavy atom. The zero-order valence-corrected chi connectivity index (χ0v) is 9.09. The highest BCUT2D eigenvalue weighted by atomic mass is 28.4. The molecule has 1 unspecified atom stereocenters. The maximum Gasteiger partial charge on any atom is 0.596 e. The molecule has 0 bridgehead atoms. The Balaban J connectivity index is 4.09. The Hall–Kier alpha value is 0.0169. The maximum absolute atomic E-state index is 5.44. The van der Waals surface area contributed by atoms with Crippen molar-refractivity contribution in [2.45, 2.75) is 13.0 Å². The van der Waals surface area contributed by atoms with Gasteiger partial charge in [-0.1, -0.05) is 0 Å². The molecule has 0 saturated heterocycles. The second kappa shape index (κ2) is 5.63. The van der Waals surface area contributed by atoms with E-state index < -0.39 is 8.97 Å². The van der Waals surface area contributed by atoms with E-state index in [1.807, 2.05) is 6.92 Å². The molecule has 12 heavy (non-hydrogen) atoms. The minimum absolute atomic E-state index is 0.122. The summed E-state index contributed by atoms with van der Waals surface area (Å²) in [4.78, 5) is 3.08. The summed E-state index contributed by atoms with van der Waals surface area (Å²) in [5, 5.41) is 0. The zero-order chi connectivity index (χ0) is 9.61. The van der Waals surface area contributed by atoms with E-state index in [4.69, 9.17) is 19.0 Å². The first-order valence-corrected chi connectivity index (χ1v) is 5.49. The molecule has 0 spiro atoms. The lowest BCUT2D eigenvalue weighted by Crippen LogP contribution is -2.61. The summed E-state index contributed by atoms with van der Waals surface area (Å²) < 4.78 is 15.4. The lowest BCUT2D eigenvalue weighted by molar-refractivity contribution is 0.106. The average molecular weight is 194 g/mol. The van der Waals surface area contributed by atoms with Gasteiger partial charge in [0, 0.05) is 33.9 Å². The first kappa shape index (κ1) is 12.0. The Morgan fingerprint density at radius 3 is 1.92 bits per heavy atom. The standard InChI is InChI=1S/C6H18N2O3Si/c1-6(5-7)8-12(9-2,10-3)11-4/h6,8H,5,7H2,1-4H3. The molecule has 3 N–H and O–H groups in total. The van der Waals surface area contributed by atoms with Crippen molar-refractivity contribution >= 4 is 8.97 Å². The molecule has 0 saturated carbocycles. The normalized spacial score (nSPS) is 14.8. The number of nitrogens with two attached hydrogens (primary N) is 1. The van der Waals surface area contributed by atoms with Crippen LogP contribution in [0.3, 0.4) is 0 Å². The third kappa shape index (κ3) is 3.17. The second-order valence-electron chi connectivity index (χ2n) is 2.45. The van der Waals surface area contributed by atoms with Gasteiger partial charge < -0.3 is 19.0 Å². The fourth-order valence-corrected chi connectivity index (χ4v) is 2.36. The van der Waals surface area contributed by atoms with Crippen molar-refractivity contribution in [3.8, 4) is 0 Å². The summed E-state index contributed by atoms with van der Waals surface area (Å²) in [6, 6.07) is 0.122. The van der Waals surface area contributed by atoms with Gasteiger partial charge in [-0.15, -0.1) is 0 Å². The van der Waals surface area contributed by atoms with Gasteiger partial charge >= 0.3 is 8.97 Å². The van der Waals surface area contributed by atoms with Crippen molar-refractivity contribution < 1.29 is 13.3 Å². The minimum atomic E-state index is -2.63. The highest BCUT2D eigenvalue weighted by Crippen LogP contribution is 2.01. The lowest BCUT2D eigenvalue weighted by atomic mass is 10.4. The summed E-state index contributed by atoms with van der Waals surface area (Å²) in [5.41, 5.74) is 5.44. The quantitative estimate of drug-likeness (QED) is 0.547. The first-order valence-electron chi connectivity index (χ1n) is 3.77. The summed E-state index contributed by atoms with van der Waals surface area (Å²) >= 11 is 0. The van der Waals surface area contributed by atoms with Gasteiger partial charge in [-0.2, -0.15) is 0 Å². The van der Waals surface area contributed by atoms with Crippen molar-refractivity contribution in [1.82, 2.24) is 4.98 Å². The molecule has 0 heterocycles. The van der Waals surface area contributed by atoms with Gasteiger partial charge in [0.2, 0.25) is 0 Å². The van der Waals surface area contributed by atoms with E-state index in [1.165, 1.54) is 0 Å². The SMILES string of the molecule is CO[Si](NC(C)CN)(OC)OC. The molecule has 0 aromatic carbocycles. The summed E-state index contributed by atoms with van der Waals surface area (Å²) in [6.07, 6.45) is 0. The van der Waals surface area contributed by atoms with Crippen molar-refractivity contribution in [3.63, 3.8) is 0 Å². The molecule has 0 aliphatic rings. The fourth-order valence-electron chi connectivity index (χ4n) is 0.787. The zero-order valence-electron chi connectivity index (χ0n) is 8.09. The number of hydrogen-bond donors (Lipinski definition) is 2. The van der Waals surface area contributed by atoms with E-state index in [9.17, 15) is 0 Å². The van der Waals surface area contributed by atoms with E-state index >= 15 is 0 Å². The molecule has 0 rings (SSSR count). The molecular formula is C6H18N2O3Si. The van der Waals surface area contributed by atoms with Crippen LogP contribution in [0.4, 0.5) is 0 Å². The van der Waals surface area contributed by atoms with Gasteiger partial charge in [0.05, 0.1) is 0 Å². The van der Waals surface area contributed by atoms with Crippen LogP contribution in [-0.2, 0) is 13.3 Å². The molecule has 5 nitrogen and oxygen atoms in total. The molecule has 74 valence electrons. The van der Waals surface area contributed by atoms with Crippen molar-refractivity contribution in [2.24, 2.45) is 5.73 Å². The molecule has 1 atom stereocenters. The van der Waals surface area contributed by atoms with Gasteiger partial charge in [0.25, 0.3) is 0 Å². The van der Waals surface area contributed by atoms with Gasteiger partial charge in [-0.05, 0) is 6.92 Å². The van der Waals surface area contributed by atoms with E-state index in [0.717, 1.165) is 0 Å². The minimum Gasteiger partial charge on any atom is -0.364 e. The van der Waals surface area contributed by atoms with Gasteiger partial charge in [0.1, 0.15) is 0 Å². The van der Waals surface area contributed by atoms with Crippen LogP contribution in [0.5, 0.6) is 0 Å². The van der Waals surface area contributed by atoms with Crippen LogP contribution < -0.4 is 10.7 Å². The first-order chi connectivity index (χ1) is 5.64. The van der Waals surface area contributed by atoms with Gasteiger partial charge in [-0.3, -0.25) is 4.98 Å². The predicted molar refractivity (Wildman–Crippen MR) is 48.4 cm³/mol. The van der Waals surface area contributed by atoms with Crippen LogP contribution in [0.1, 0.15) is 6.92 Å². The van der Waals surface area contributed by atoms with Crippen molar-refractivity contribution in [1.29, 1.82) is 0 Å². The van der Waals surface area contributed by atoms with Crippen molar-refractivity contribution in [2.75, 3.05) is 27.9 Å². The molecule has 0 aliphatic heterocycles. The topological polar surface area (TPSA) is 65.7 Å². The fraction of sp³-hybridized carbons (Fsp3) is 1.00. The van der Waals surface area contributed by atoms with Crippen LogP contribution in [0.2, 0.25) is 0 Å². The monoisotopic (exact) mass is 194 g/mol. The van der Waals surface area contributed by atoms with E-state index in [2.05, 4.69) is 4.98 Å². The summed E-state index contributed by atoms with van der Waals surface area (Å²) in [6.45, 7) is 2.46. The molecule has 0 aromatic heterocycles. The highest BCUT2D eigenvalue weighted by Gasteiger charge is 2.39.